The number of alkyl halides is 4. The van der Waals surface area contributed by atoms with Gasteiger partial charge in [0.2, 0.25) is 12.1 Å². The molecule has 0 amide bonds. The molecule has 1 unspecified atom stereocenters. The number of halogens is 4. The SMILES string of the molecule is COC=C(C(=O)OC)c1ccccc1COc1nc(C(F)C(F)(F)F)sc1C. The van der Waals surface area contributed by atoms with Crippen molar-refractivity contribution in [3.05, 3.63) is 51.5 Å². The summed E-state index contributed by atoms with van der Waals surface area (Å²) in [5, 5.41) is -0.720. The van der Waals surface area contributed by atoms with E-state index in [2.05, 4.69) is 4.98 Å². The number of methoxy groups -OCH3 is 2. The minimum atomic E-state index is -5.03. The summed E-state index contributed by atoms with van der Waals surface area (Å²) in [6, 6.07) is 6.69. The molecule has 0 bridgehead atoms. The van der Waals surface area contributed by atoms with Gasteiger partial charge < -0.3 is 14.2 Å². The number of aromatic nitrogens is 1. The topological polar surface area (TPSA) is 57.7 Å². The first-order valence-corrected chi connectivity index (χ1v) is 8.71. The fourth-order valence-corrected chi connectivity index (χ4v) is 3.16. The van der Waals surface area contributed by atoms with Gasteiger partial charge in [0, 0.05) is 0 Å². The zero-order valence-corrected chi connectivity index (χ0v) is 16.0. The number of nitrogens with zero attached hydrogens (tertiary/aromatic N) is 1. The quantitative estimate of drug-likeness (QED) is 0.280. The number of hydrogen-bond donors (Lipinski definition) is 0. The van der Waals surface area contributed by atoms with Crippen molar-refractivity contribution in [2.75, 3.05) is 14.2 Å². The van der Waals surface area contributed by atoms with Crippen LogP contribution in [0.2, 0.25) is 0 Å². The number of ether oxygens (including phenoxy) is 3. The molecule has 0 spiro atoms. The van der Waals surface area contributed by atoms with E-state index in [1.54, 1.807) is 24.3 Å². The monoisotopic (exact) mass is 419 g/mol. The van der Waals surface area contributed by atoms with E-state index in [4.69, 9.17) is 14.2 Å². The second-order valence-corrected chi connectivity index (χ2v) is 6.76. The lowest BCUT2D eigenvalue weighted by Crippen LogP contribution is -2.16. The van der Waals surface area contributed by atoms with Crippen molar-refractivity contribution >= 4 is 22.9 Å². The number of benzene rings is 1. The summed E-state index contributed by atoms with van der Waals surface area (Å²) in [5.41, 5.74) is 1.14. The van der Waals surface area contributed by atoms with E-state index in [1.807, 2.05) is 0 Å². The van der Waals surface area contributed by atoms with E-state index in [0.29, 0.717) is 27.3 Å². The van der Waals surface area contributed by atoms with E-state index < -0.39 is 23.3 Å². The molecular formula is C18H17F4NO4S. The lowest BCUT2D eigenvalue weighted by Gasteiger charge is -2.12. The van der Waals surface area contributed by atoms with Crippen LogP contribution in [0, 0.1) is 6.92 Å². The van der Waals surface area contributed by atoms with Crippen molar-refractivity contribution in [3.63, 3.8) is 0 Å². The highest BCUT2D eigenvalue weighted by Gasteiger charge is 2.43. The molecule has 2 aromatic rings. The highest BCUT2D eigenvalue weighted by Crippen LogP contribution is 2.40. The van der Waals surface area contributed by atoms with Gasteiger partial charge in [-0.25, -0.2) is 14.2 Å². The molecule has 2 rings (SSSR count). The summed E-state index contributed by atoms with van der Waals surface area (Å²) in [6.07, 6.45) is -6.99. The lowest BCUT2D eigenvalue weighted by atomic mass is 10.0. The number of carbonyl (C=O) groups is 1. The fourth-order valence-electron chi connectivity index (χ4n) is 2.29. The Morgan fingerprint density at radius 1 is 1.29 bits per heavy atom. The molecule has 10 heteroatoms. The minimum Gasteiger partial charge on any atom is -0.503 e. The van der Waals surface area contributed by atoms with E-state index in [0.717, 1.165) is 0 Å². The van der Waals surface area contributed by atoms with Crippen molar-refractivity contribution in [2.45, 2.75) is 25.9 Å². The molecule has 152 valence electrons. The van der Waals surface area contributed by atoms with E-state index in [-0.39, 0.29) is 18.1 Å². The van der Waals surface area contributed by atoms with Gasteiger partial charge in [-0.2, -0.15) is 13.2 Å². The molecule has 1 heterocycles. The number of thiazole rings is 1. The summed E-state index contributed by atoms with van der Waals surface area (Å²) in [6.45, 7) is 1.37. The third-order valence-electron chi connectivity index (χ3n) is 3.59. The second kappa shape index (κ2) is 9.05. The standard InChI is InChI=1S/C18H17F4NO4S/c1-10-15(23-16(28-10)14(19)18(20,21)22)27-8-11-6-4-5-7-12(11)13(9-25-2)17(24)26-3/h4-7,9,14H,8H2,1-3H3. The molecule has 0 fully saturated rings. The fraction of sp³-hybridized carbons (Fsp3) is 0.333. The molecule has 0 aliphatic heterocycles. The van der Waals surface area contributed by atoms with Crippen LogP contribution in [-0.2, 0) is 20.9 Å². The van der Waals surface area contributed by atoms with Gasteiger partial charge in [0.15, 0.2) is 0 Å². The molecule has 0 radical (unpaired) electrons. The zero-order chi connectivity index (χ0) is 20.9. The zero-order valence-electron chi connectivity index (χ0n) is 15.2. The normalized spacial score (nSPS) is 13.2. The Hall–Kier alpha value is -2.62. The largest absolute Gasteiger partial charge is 0.503 e. The molecule has 5 nitrogen and oxygen atoms in total. The Balaban J connectivity index is 2.26. The maximum atomic E-state index is 13.5. The van der Waals surface area contributed by atoms with E-state index in [1.165, 1.54) is 27.4 Å². The van der Waals surface area contributed by atoms with Crippen LogP contribution in [0.3, 0.4) is 0 Å². The molecule has 1 aromatic heterocycles. The van der Waals surface area contributed by atoms with Crippen LogP contribution in [0.5, 0.6) is 5.88 Å². The van der Waals surface area contributed by atoms with Crippen LogP contribution in [0.4, 0.5) is 17.6 Å². The van der Waals surface area contributed by atoms with Crippen LogP contribution in [-0.4, -0.2) is 31.3 Å². The third-order valence-corrected chi connectivity index (χ3v) is 4.58. The summed E-state index contributed by atoms with van der Waals surface area (Å²) in [4.78, 5) is 15.9. The first kappa shape index (κ1) is 21.7. The number of aryl methyl sites for hydroxylation is 1. The first-order valence-electron chi connectivity index (χ1n) is 7.89. The maximum absolute atomic E-state index is 13.5. The predicted molar refractivity (Wildman–Crippen MR) is 94.5 cm³/mol. The van der Waals surface area contributed by atoms with Crippen molar-refractivity contribution < 1.29 is 36.6 Å². The molecule has 0 aliphatic carbocycles. The Morgan fingerprint density at radius 3 is 2.57 bits per heavy atom. The van der Waals surface area contributed by atoms with Gasteiger partial charge in [0.1, 0.15) is 17.2 Å². The molecule has 0 saturated heterocycles. The Bertz CT molecular complexity index is 864. The minimum absolute atomic E-state index is 0.1000. The summed E-state index contributed by atoms with van der Waals surface area (Å²) < 4.78 is 66.2. The Morgan fingerprint density at radius 2 is 1.96 bits per heavy atom. The van der Waals surface area contributed by atoms with Crippen molar-refractivity contribution in [2.24, 2.45) is 0 Å². The van der Waals surface area contributed by atoms with Gasteiger partial charge in [0.05, 0.1) is 25.4 Å². The maximum Gasteiger partial charge on any atom is 0.426 e. The van der Waals surface area contributed by atoms with Crippen LogP contribution >= 0.6 is 11.3 Å². The highest BCUT2D eigenvalue weighted by atomic mass is 32.1. The van der Waals surface area contributed by atoms with Crippen molar-refractivity contribution in [1.82, 2.24) is 4.98 Å². The number of hydrogen-bond acceptors (Lipinski definition) is 6. The smallest absolute Gasteiger partial charge is 0.426 e. The second-order valence-electron chi connectivity index (χ2n) is 5.52. The molecule has 1 aromatic carbocycles. The molecule has 0 N–H and O–H groups in total. The van der Waals surface area contributed by atoms with Gasteiger partial charge in [-0.1, -0.05) is 24.3 Å². The Kier molecular flexibility index (Phi) is 7.00. The molecule has 28 heavy (non-hydrogen) atoms. The summed E-state index contributed by atoms with van der Waals surface area (Å²) >= 11 is 0.575. The molecule has 1 atom stereocenters. The van der Waals surface area contributed by atoms with E-state index >= 15 is 0 Å². The number of rotatable bonds is 7. The van der Waals surface area contributed by atoms with Gasteiger partial charge in [-0.05, 0) is 18.1 Å². The number of carbonyl (C=O) groups excluding carboxylic acids is 1. The average Bonchev–Trinajstić information content (AvgIpc) is 3.03. The van der Waals surface area contributed by atoms with Gasteiger partial charge in [-0.3, -0.25) is 0 Å². The van der Waals surface area contributed by atoms with Crippen molar-refractivity contribution in [3.8, 4) is 5.88 Å². The first-order chi connectivity index (χ1) is 13.2. The van der Waals surface area contributed by atoms with Gasteiger partial charge in [-0.15, -0.1) is 11.3 Å². The molecule has 0 aliphatic rings. The van der Waals surface area contributed by atoms with Gasteiger partial charge in [0.25, 0.3) is 0 Å². The summed E-state index contributed by atoms with van der Waals surface area (Å²) in [5.74, 6) is -0.732. The molecule has 0 saturated carbocycles. The van der Waals surface area contributed by atoms with E-state index in [9.17, 15) is 22.4 Å². The lowest BCUT2D eigenvalue weighted by molar-refractivity contribution is -0.182. The van der Waals surface area contributed by atoms with Crippen LogP contribution in [0.15, 0.2) is 30.5 Å². The molecular weight excluding hydrogens is 402 g/mol. The van der Waals surface area contributed by atoms with Crippen LogP contribution < -0.4 is 4.74 Å². The van der Waals surface area contributed by atoms with Crippen molar-refractivity contribution in [1.29, 1.82) is 0 Å². The average molecular weight is 419 g/mol. The summed E-state index contributed by atoms with van der Waals surface area (Å²) in [7, 11) is 2.59. The van der Waals surface area contributed by atoms with Crippen LogP contribution in [0.25, 0.3) is 5.57 Å². The highest BCUT2D eigenvalue weighted by molar-refractivity contribution is 7.11. The number of esters is 1. The predicted octanol–water partition coefficient (Wildman–Crippen LogP) is 4.76. The van der Waals surface area contributed by atoms with Gasteiger partial charge >= 0.3 is 12.1 Å². The van der Waals surface area contributed by atoms with Crippen LogP contribution in [0.1, 0.15) is 27.2 Å². The third kappa shape index (κ3) is 5.00. The Labute approximate surface area is 162 Å².